The maximum absolute atomic E-state index is 13.5. The second-order valence-corrected chi connectivity index (χ2v) is 10.5. The van der Waals surface area contributed by atoms with Crippen LogP contribution in [-0.4, -0.2) is 25.2 Å². The number of rotatable bonds is 9. The first-order chi connectivity index (χ1) is 17.3. The highest BCUT2D eigenvalue weighted by Gasteiger charge is 2.27. The van der Waals surface area contributed by atoms with Gasteiger partial charge in [-0.05, 0) is 55.0 Å². The average molecular weight is 521 g/mol. The highest BCUT2D eigenvalue weighted by Crippen LogP contribution is 2.32. The summed E-state index contributed by atoms with van der Waals surface area (Å²) in [6.07, 6.45) is 0. The molecule has 4 aromatic carbocycles. The molecular weight excluding hydrogens is 496 g/mol. The van der Waals surface area contributed by atoms with E-state index in [2.05, 4.69) is 5.32 Å². The molecule has 1 amide bonds. The Bertz CT molecular complexity index is 1430. The van der Waals surface area contributed by atoms with Crippen LogP contribution in [0, 0.1) is 6.92 Å². The summed E-state index contributed by atoms with van der Waals surface area (Å²) in [6.45, 7) is 1.59. The van der Waals surface area contributed by atoms with Gasteiger partial charge in [0.15, 0.2) is 5.75 Å². The third-order valence-corrected chi connectivity index (χ3v) is 7.41. The monoisotopic (exact) mass is 520 g/mol. The molecule has 8 heteroatoms. The molecule has 0 fully saturated rings. The van der Waals surface area contributed by atoms with E-state index in [9.17, 15) is 13.2 Å². The third-order valence-electron chi connectivity index (χ3n) is 5.37. The molecule has 0 aliphatic rings. The second-order valence-electron chi connectivity index (χ2n) is 8.18. The molecule has 6 nitrogen and oxygen atoms in total. The molecule has 0 saturated carbocycles. The fraction of sp³-hybridized carbons (Fsp3) is 0.107. The fourth-order valence-corrected chi connectivity index (χ4v) is 5.10. The number of benzene rings is 4. The number of amides is 1. The third kappa shape index (κ3) is 6.51. The smallest absolute Gasteiger partial charge is 0.243 e. The number of nitrogens with one attached hydrogen (secondary N) is 1. The molecule has 0 unspecified atom stereocenters. The van der Waals surface area contributed by atoms with Gasteiger partial charge in [0.25, 0.3) is 0 Å². The molecule has 0 aliphatic carbocycles. The summed E-state index contributed by atoms with van der Waals surface area (Å²) < 4.78 is 34.0. The van der Waals surface area contributed by atoms with E-state index in [0.29, 0.717) is 22.2 Å². The van der Waals surface area contributed by atoms with Crippen molar-refractivity contribution in [2.75, 3.05) is 11.9 Å². The van der Waals surface area contributed by atoms with Crippen molar-refractivity contribution in [3.8, 4) is 11.5 Å². The molecule has 36 heavy (non-hydrogen) atoms. The number of carbonyl (C=O) groups is 1. The number of ether oxygens (including phenoxy) is 1. The number of aryl methyl sites for hydroxylation is 1. The number of sulfonamides is 1. The minimum Gasteiger partial charge on any atom is -0.455 e. The summed E-state index contributed by atoms with van der Waals surface area (Å²) in [7, 11) is -3.95. The van der Waals surface area contributed by atoms with Crippen molar-refractivity contribution in [1.29, 1.82) is 0 Å². The average Bonchev–Trinajstić information content (AvgIpc) is 2.87. The van der Waals surface area contributed by atoms with E-state index in [4.69, 9.17) is 16.3 Å². The molecule has 0 atom stereocenters. The van der Waals surface area contributed by atoms with Gasteiger partial charge in [-0.3, -0.25) is 4.79 Å². The van der Waals surface area contributed by atoms with Crippen LogP contribution in [0.15, 0.2) is 108 Å². The van der Waals surface area contributed by atoms with E-state index >= 15 is 0 Å². The Morgan fingerprint density at radius 2 is 1.53 bits per heavy atom. The standard InChI is InChI=1S/C28H25ClN2O4S/c1-21-12-14-22(15-13-21)19-31(36(33,34)25-10-6-3-7-11-25)20-28(32)30-26-18-23(29)16-17-27(26)35-24-8-4-2-5-9-24/h2-18H,19-20H2,1H3,(H,30,32). The van der Waals surface area contributed by atoms with E-state index in [0.717, 1.165) is 15.4 Å². The second kappa shape index (κ2) is 11.4. The highest BCUT2D eigenvalue weighted by atomic mass is 35.5. The number of anilines is 1. The van der Waals surface area contributed by atoms with Gasteiger partial charge in [0.1, 0.15) is 5.75 Å². The van der Waals surface area contributed by atoms with Crippen molar-refractivity contribution in [3.05, 3.63) is 119 Å². The topological polar surface area (TPSA) is 75.7 Å². The first kappa shape index (κ1) is 25.4. The molecule has 1 N–H and O–H groups in total. The molecule has 0 radical (unpaired) electrons. The fourth-order valence-electron chi connectivity index (χ4n) is 3.52. The summed E-state index contributed by atoms with van der Waals surface area (Å²) in [6, 6.07) is 29.5. The van der Waals surface area contributed by atoms with E-state index in [1.807, 2.05) is 49.4 Å². The van der Waals surface area contributed by atoms with Crippen molar-refractivity contribution >= 4 is 33.2 Å². The summed E-state index contributed by atoms with van der Waals surface area (Å²) >= 11 is 6.17. The SMILES string of the molecule is Cc1ccc(CN(CC(=O)Nc2cc(Cl)ccc2Oc2ccccc2)S(=O)(=O)c2ccccc2)cc1. The minimum atomic E-state index is -3.95. The van der Waals surface area contributed by atoms with Crippen LogP contribution < -0.4 is 10.1 Å². The maximum Gasteiger partial charge on any atom is 0.243 e. The minimum absolute atomic E-state index is 0.0356. The molecule has 0 aliphatic heterocycles. The van der Waals surface area contributed by atoms with Gasteiger partial charge < -0.3 is 10.1 Å². The van der Waals surface area contributed by atoms with Crippen LogP contribution in [-0.2, 0) is 21.4 Å². The Morgan fingerprint density at radius 3 is 2.19 bits per heavy atom. The van der Waals surface area contributed by atoms with Gasteiger partial charge in [-0.15, -0.1) is 0 Å². The first-order valence-electron chi connectivity index (χ1n) is 11.2. The van der Waals surface area contributed by atoms with Crippen LogP contribution in [0.25, 0.3) is 0 Å². The maximum atomic E-state index is 13.5. The molecule has 0 bridgehead atoms. The number of hydrogen-bond acceptors (Lipinski definition) is 4. The van der Waals surface area contributed by atoms with Crippen LogP contribution in [0.2, 0.25) is 5.02 Å². The number of nitrogens with zero attached hydrogens (tertiary/aromatic N) is 1. The zero-order chi connectivity index (χ0) is 25.5. The zero-order valence-electron chi connectivity index (χ0n) is 19.6. The van der Waals surface area contributed by atoms with Gasteiger partial charge in [-0.1, -0.05) is 77.8 Å². The van der Waals surface area contributed by atoms with E-state index < -0.39 is 22.5 Å². The predicted molar refractivity (Wildman–Crippen MR) is 142 cm³/mol. The van der Waals surface area contributed by atoms with Gasteiger partial charge in [-0.2, -0.15) is 4.31 Å². The summed E-state index contributed by atoms with van der Waals surface area (Å²) in [5.74, 6) is 0.444. The Balaban J connectivity index is 1.59. The first-order valence-corrected chi connectivity index (χ1v) is 13.1. The Hall–Kier alpha value is -3.65. The van der Waals surface area contributed by atoms with Crippen molar-refractivity contribution in [3.63, 3.8) is 0 Å². The largest absolute Gasteiger partial charge is 0.455 e. The molecule has 0 saturated heterocycles. The van der Waals surface area contributed by atoms with Crippen molar-refractivity contribution in [2.24, 2.45) is 0 Å². The normalized spacial score (nSPS) is 11.3. The quantitative estimate of drug-likeness (QED) is 0.282. The molecule has 0 aromatic heterocycles. The summed E-state index contributed by atoms with van der Waals surface area (Å²) in [4.78, 5) is 13.3. The van der Waals surface area contributed by atoms with Crippen molar-refractivity contribution in [2.45, 2.75) is 18.4 Å². The zero-order valence-corrected chi connectivity index (χ0v) is 21.2. The van der Waals surface area contributed by atoms with Crippen LogP contribution >= 0.6 is 11.6 Å². The molecule has 0 heterocycles. The summed E-state index contributed by atoms with van der Waals surface area (Å²) in [5, 5.41) is 3.17. The van der Waals surface area contributed by atoms with Crippen molar-refractivity contribution < 1.29 is 17.9 Å². The molecule has 4 aromatic rings. The van der Waals surface area contributed by atoms with Gasteiger partial charge in [0.05, 0.1) is 17.1 Å². The lowest BCUT2D eigenvalue weighted by Gasteiger charge is -2.22. The van der Waals surface area contributed by atoms with Gasteiger partial charge in [0.2, 0.25) is 15.9 Å². The molecule has 0 spiro atoms. The number of carbonyl (C=O) groups excluding carboxylic acids is 1. The van der Waals surface area contributed by atoms with E-state index in [-0.39, 0.29) is 11.4 Å². The number of para-hydroxylation sites is 1. The predicted octanol–water partition coefficient (Wildman–Crippen LogP) is 6.27. The lowest BCUT2D eigenvalue weighted by Crippen LogP contribution is -2.37. The molecule has 4 rings (SSSR count). The van der Waals surface area contributed by atoms with Crippen LogP contribution in [0.3, 0.4) is 0 Å². The highest BCUT2D eigenvalue weighted by molar-refractivity contribution is 7.89. The van der Waals surface area contributed by atoms with Gasteiger partial charge in [-0.25, -0.2) is 8.42 Å². The lowest BCUT2D eigenvalue weighted by molar-refractivity contribution is -0.116. The van der Waals surface area contributed by atoms with Crippen LogP contribution in [0.5, 0.6) is 11.5 Å². The number of hydrogen-bond donors (Lipinski definition) is 1. The molecular formula is C28H25ClN2O4S. The van der Waals surface area contributed by atoms with Crippen molar-refractivity contribution in [1.82, 2.24) is 4.31 Å². The van der Waals surface area contributed by atoms with Gasteiger partial charge in [0, 0.05) is 11.6 Å². The van der Waals surface area contributed by atoms with Crippen LogP contribution in [0.1, 0.15) is 11.1 Å². The van der Waals surface area contributed by atoms with Crippen LogP contribution in [0.4, 0.5) is 5.69 Å². The number of halogens is 1. The van der Waals surface area contributed by atoms with E-state index in [1.54, 1.807) is 48.5 Å². The lowest BCUT2D eigenvalue weighted by atomic mass is 10.1. The summed E-state index contributed by atoms with van der Waals surface area (Å²) in [5.41, 5.74) is 2.16. The van der Waals surface area contributed by atoms with E-state index in [1.165, 1.54) is 12.1 Å². The Labute approximate surface area is 216 Å². The van der Waals surface area contributed by atoms with Gasteiger partial charge >= 0.3 is 0 Å². The Morgan fingerprint density at radius 1 is 0.889 bits per heavy atom. The molecule has 184 valence electrons. The Kier molecular flexibility index (Phi) is 8.05.